The van der Waals surface area contributed by atoms with E-state index in [1.165, 1.54) is 0 Å². The molecule has 0 aliphatic rings. The lowest BCUT2D eigenvalue weighted by Crippen LogP contribution is -2.33. The Labute approximate surface area is 129 Å². The molecule has 4 nitrogen and oxygen atoms in total. The molecule has 0 bridgehead atoms. The minimum absolute atomic E-state index is 0.00518. The van der Waals surface area contributed by atoms with Crippen molar-refractivity contribution in [2.24, 2.45) is 0 Å². The van der Waals surface area contributed by atoms with Gasteiger partial charge in [-0.05, 0) is 37.4 Å². The van der Waals surface area contributed by atoms with E-state index in [-0.39, 0.29) is 11.8 Å². The maximum Gasteiger partial charge on any atom is 0.216 e. The minimum atomic E-state index is -3.27. The monoisotopic (exact) mass is 312 g/mol. The van der Waals surface area contributed by atoms with Gasteiger partial charge in [0, 0.05) is 12.6 Å². The van der Waals surface area contributed by atoms with Crippen LogP contribution in [0.2, 0.25) is 0 Å². The smallest absolute Gasteiger partial charge is 0.216 e. The molecule has 1 aromatic carbocycles. The van der Waals surface area contributed by atoms with Gasteiger partial charge in [-0.2, -0.15) is 0 Å². The van der Waals surface area contributed by atoms with Crippen molar-refractivity contribution < 1.29 is 8.42 Å². The molecular formula is C16H28N2O2S. The molecule has 0 radical (unpaired) electrons. The molecule has 5 heteroatoms. The highest BCUT2D eigenvalue weighted by Crippen LogP contribution is 2.10. The Kier molecular flexibility index (Phi) is 7.93. The summed E-state index contributed by atoms with van der Waals surface area (Å²) in [6.45, 7) is 7.84. The van der Waals surface area contributed by atoms with E-state index in [9.17, 15) is 8.42 Å². The number of hydrogen-bond donors (Lipinski definition) is 2. The van der Waals surface area contributed by atoms with E-state index < -0.39 is 10.0 Å². The van der Waals surface area contributed by atoms with Gasteiger partial charge >= 0.3 is 0 Å². The lowest BCUT2D eigenvalue weighted by atomic mass is 10.1. The van der Waals surface area contributed by atoms with Crippen LogP contribution in [0.1, 0.15) is 51.2 Å². The van der Waals surface area contributed by atoms with Crippen LogP contribution in [0, 0.1) is 0 Å². The SMILES string of the molecule is CCCNCc1cccc(CS(=O)(=O)NC(C)CCC)c1. The topological polar surface area (TPSA) is 58.2 Å². The van der Waals surface area contributed by atoms with Crippen LogP contribution in [0.3, 0.4) is 0 Å². The van der Waals surface area contributed by atoms with Gasteiger partial charge < -0.3 is 5.32 Å². The van der Waals surface area contributed by atoms with Crippen LogP contribution in [0.4, 0.5) is 0 Å². The van der Waals surface area contributed by atoms with Crippen LogP contribution in [0.15, 0.2) is 24.3 Å². The van der Waals surface area contributed by atoms with Crippen molar-refractivity contribution in [2.75, 3.05) is 6.54 Å². The Balaban J connectivity index is 2.62. The van der Waals surface area contributed by atoms with Crippen LogP contribution in [0.25, 0.3) is 0 Å². The molecule has 0 saturated heterocycles. The van der Waals surface area contributed by atoms with Gasteiger partial charge in [0.25, 0.3) is 0 Å². The Morgan fingerprint density at radius 3 is 2.52 bits per heavy atom. The lowest BCUT2D eigenvalue weighted by molar-refractivity contribution is 0.543. The van der Waals surface area contributed by atoms with E-state index in [1.54, 1.807) is 0 Å². The Hall–Kier alpha value is -0.910. The number of sulfonamides is 1. The quantitative estimate of drug-likeness (QED) is 0.653. The van der Waals surface area contributed by atoms with Gasteiger partial charge in [-0.25, -0.2) is 13.1 Å². The van der Waals surface area contributed by atoms with Crippen molar-refractivity contribution in [3.8, 4) is 0 Å². The molecule has 1 unspecified atom stereocenters. The second-order valence-corrected chi connectivity index (χ2v) is 7.32. The third kappa shape index (κ3) is 7.60. The van der Waals surface area contributed by atoms with Crippen LogP contribution in [-0.4, -0.2) is 21.0 Å². The van der Waals surface area contributed by atoms with E-state index in [0.717, 1.165) is 43.5 Å². The van der Waals surface area contributed by atoms with E-state index in [2.05, 4.69) is 23.9 Å². The summed E-state index contributed by atoms with van der Waals surface area (Å²) in [4.78, 5) is 0. The zero-order chi connectivity index (χ0) is 15.7. The Morgan fingerprint density at radius 1 is 1.14 bits per heavy atom. The molecule has 1 aromatic rings. The zero-order valence-electron chi connectivity index (χ0n) is 13.4. The molecule has 0 spiro atoms. The van der Waals surface area contributed by atoms with Crippen LogP contribution in [0.5, 0.6) is 0 Å². The standard InChI is InChI=1S/C16H28N2O2S/c1-4-7-14(3)18-21(19,20)13-16-9-6-8-15(11-16)12-17-10-5-2/h6,8-9,11,14,17-18H,4-5,7,10,12-13H2,1-3H3. The molecule has 1 rings (SSSR count). The van der Waals surface area contributed by atoms with Crippen molar-refractivity contribution in [2.45, 2.75) is 58.4 Å². The maximum atomic E-state index is 12.1. The van der Waals surface area contributed by atoms with Gasteiger partial charge in [0.2, 0.25) is 10.0 Å². The first kappa shape index (κ1) is 18.1. The van der Waals surface area contributed by atoms with Gasteiger partial charge in [0.05, 0.1) is 5.75 Å². The summed E-state index contributed by atoms with van der Waals surface area (Å²) in [5, 5.41) is 3.33. The fourth-order valence-electron chi connectivity index (χ4n) is 2.30. The van der Waals surface area contributed by atoms with Crippen LogP contribution < -0.4 is 10.0 Å². The molecule has 0 amide bonds. The first-order valence-corrected chi connectivity index (χ1v) is 9.40. The number of benzene rings is 1. The highest BCUT2D eigenvalue weighted by molar-refractivity contribution is 7.88. The summed E-state index contributed by atoms with van der Waals surface area (Å²) in [6, 6.07) is 7.77. The normalized spacial score (nSPS) is 13.3. The molecule has 0 aromatic heterocycles. The summed E-state index contributed by atoms with van der Waals surface area (Å²) in [6.07, 6.45) is 2.93. The number of nitrogens with one attached hydrogen (secondary N) is 2. The van der Waals surface area contributed by atoms with Crippen molar-refractivity contribution in [1.29, 1.82) is 0 Å². The van der Waals surface area contributed by atoms with Crippen molar-refractivity contribution in [1.82, 2.24) is 10.0 Å². The van der Waals surface area contributed by atoms with Crippen molar-refractivity contribution in [3.63, 3.8) is 0 Å². The fourth-order valence-corrected chi connectivity index (χ4v) is 3.73. The molecule has 21 heavy (non-hydrogen) atoms. The molecule has 2 N–H and O–H groups in total. The molecule has 0 saturated carbocycles. The summed E-state index contributed by atoms with van der Waals surface area (Å²) in [5.41, 5.74) is 1.96. The van der Waals surface area contributed by atoms with Gasteiger partial charge in [0.1, 0.15) is 0 Å². The van der Waals surface area contributed by atoms with Crippen LogP contribution in [-0.2, 0) is 22.3 Å². The Morgan fingerprint density at radius 2 is 1.86 bits per heavy atom. The highest BCUT2D eigenvalue weighted by atomic mass is 32.2. The summed E-state index contributed by atoms with van der Waals surface area (Å²) >= 11 is 0. The van der Waals surface area contributed by atoms with Gasteiger partial charge in [0.15, 0.2) is 0 Å². The number of rotatable bonds is 10. The summed E-state index contributed by atoms with van der Waals surface area (Å²) in [7, 11) is -3.27. The third-order valence-corrected chi connectivity index (χ3v) is 4.68. The first-order chi connectivity index (χ1) is 9.96. The lowest BCUT2D eigenvalue weighted by Gasteiger charge is -2.13. The summed E-state index contributed by atoms with van der Waals surface area (Å²) in [5.74, 6) is 0.0443. The highest BCUT2D eigenvalue weighted by Gasteiger charge is 2.14. The van der Waals surface area contributed by atoms with E-state index in [0.29, 0.717) is 0 Å². The fraction of sp³-hybridized carbons (Fsp3) is 0.625. The maximum absolute atomic E-state index is 12.1. The second-order valence-electron chi connectivity index (χ2n) is 5.56. The van der Waals surface area contributed by atoms with Crippen molar-refractivity contribution in [3.05, 3.63) is 35.4 Å². The first-order valence-electron chi connectivity index (χ1n) is 7.75. The molecule has 1 atom stereocenters. The van der Waals surface area contributed by atoms with Crippen LogP contribution >= 0.6 is 0 Å². The second kappa shape index (κ2) is 9.18. The summed E-state index contributed by atoms with van der Waals surface area (Å²) < 4.78 is 27.0. The third-order valence-electron chi connectivity index (χ3n) is 3.21. The Bertz CT molecular complexity index is 515. The average Bonchev–Trinajstić information content (AvgIpc) is 2.38. The predicted octanol–water partition coefficient (Wildman–Crippen LogP) is 2.79. The predicted molar refractivity (Wildman–Crippen MR) is 88.6 cm³/mol. The number of hydrogen-bond acceptors (Lipinski definition) is 3. The van der Waals surface area contributed by atoms with E-state index in [1.807, 2.05) is 31.2 Å². The van der Waals surface area contributed by atoms with E-state index in [4.69, 9.17) is 0 Å². The molecule has 0 heterocycles. The molecule has 0 aliphatic carbocycles. The molecule has 0 aliphatic heterocycles. The van der Waals surface area contributed by atoms with Crippen molar-refractivity contribution >= 4 is 10.0 Å². The van der Waals surface area contributed by atoms with Gasteiger partial charge in [-0.15, -0.1) is 0 Å². The largest absolute Gasteiger partial charge is 0.313 e. The molecular weight excluding hydrogens is 284 g/mol. The molecule has 120 valence electrons. The molecule has 0 fully saturated rings. The van der Waals surface area contributed by atoms with Gasteiger partial charge in [-0.3, -0.25) is 0 Å². The average molecular weight is 312 g/mol. The van der Waals surface area contributed by atoms with Gasteiger partial charge in [-0.1, -0.05) is 44.5 Å². The van der Waals surface area contributed by atoms with E-state index >= 15 is 0 Å². The zero-order valence-corrected chi connectivity index (χ0v) is 14.2. The minimum Gasteiger partial charge on any atom is -0.313 e.